The van der Waals surface area contributed by atoms with E-state index < -0.39 is 0 Å². The molecule has 1 saturated heterocycles. The van der Waals surface area contributed by atoms with Crippen LogP contribution in [0.25, 0.3) is 0 Å². The molecule has 1 aromatic carbocycles. The van der Waals surface area contributed by atoms with Crippen molar-refractivity contribution in [3.8, 4) is 5.75 Å². The van der Waals surface area contributed by atoms with E-state index in [-0.39, 0.29) is 0 Å². The first-order chi connectivity index (χ1) is 10.3. The molecule has 1 fully saturated rings. The lowest BCUT2D eigenvalue weighted by Crippen LogP contribution is -2.51. The highest BCUT2D eigenvalue weighted by molar-refractivity contribution is 5.38. The Hall–Kier alpha value is -1.06. The van der Waals surface area contributed by atoms with Gasteiger partial charge in [0.2, 0.25) is 0 Å². The molecule has 2 atom stereocenters. The second-order valence-corrected chi connectivity index (χ2v) is 6.48. The lowest BCUT2D eigenvalue weighted by molar-refractivity contribution is 0.0863. The Balaban J connectivity index is 1.74. The summed E-state index contributed by atoms with van der Waals surface area (Å²) in [7, 11) is 3.84. The first kappa shape index (κ1) is 14.9. The third-order valence-electron chi connectivity index (χ3n) is 5.20. The standard InChI is InChI=1S/C18H28N2O/c1-19-13-17-5-3-4-10-20(17)16-8-6-14-7-9-18(21-2)12-15(14)11-16/h7,9,12,16-17,19H,3-6,8,10-11,13H2,1-2H3. The van der Waals surface area contributed by atoms with Crippen LogP contribution >= 0.6 is 0 Å². The molecule has 116 valence electrons. The smallest absolute Gasteiger partial charge is 0.119 e. The number of piperidine rings is 1. The Morgan fingerprint density at radius 3 is 2.95 bits per heavy atom. The van der Waals surface area contributed by atoms with E-state index in [9.17, 15) is 0 Å². The predicted molar refractivity (Wildman–Crippen MR) is 87.1 cm³/mol. The maximum absolute atomic E-state index is 5.40. The van der Waals surface area contributed by atoms with Gasteiger partial charge < -0.3 is 10.1 Å². The number of likely N-dealkylation sites (N-methyl/N-ethyl adjacent to an activating group) is 1. The Labute approximate surface area is 128 Å². The maximum Gasteiger partial charge on any atom is 0.119 e. The van der Waals surface area contributed by atoms with Crippen molar-refractivity contribution in [1.29, 1.82) is 0 Å². The van der Waals surface area contributed by atoms with Gasteiger partial charge in [-0.3, -0.25) is 4.90 Å². The minimum absolute atomic E-state index is 0.711. The third-order valence-corrected chi connectivity index (χ3v) is 5.20. The molecule has 0 aromatic heterocycles. The molecule has 0 radical (unpaired) electrons. The number of nitrogens with zero attached hydrogens (tertiary/aromatic N) is 1. The second-order valence-electron chi connectivity index (χ2n) is 6.48. The van der Waals surface area contributed by atoms with Crippen LogP contribution in [-0.4, -0.2) is 44.2 Å². The van der Waals surface area contributed by atoms with E-state index in [2.05, 4.69) is 35.5 Å². The van der Waals surface area contributed by atoms with Crippen molar-refractivity contribution >= 4 is 0 Å². The highest BCUT2D eigenvalue weighted by Crippen LogP contribution is 2.30. The number of hydrogen-bond donors (Lipinski definition) is 1. The lowest BCUT2D eigenvalue weighted by Gasteiger charge is -2.43. The molecular weight excluding hydrogens is 260 g/mol. The van der Waals surface area contributed by atoms with Gasteiger partial charge in [0.05, 0.1) is 7.11 Å². The van der Waals surface area contributed by atoms with Crippen molar-refractivity contribution in [3.63, 3.8) is 0 Å². The van der Waals surface area contributed by atoms with Gasteiger partial charge in [-0.25, -0.2) is 0 Å². The van der Waals surface area contributed by atoms with E-state index in [0.717, 1.165) is 18.3 Å². The van der Waals surface area contributed by atoms with Crippen molar-refractivity contribution in [2.24, 2.45) is 0 Å². The third kappa shape index (κ3) is 3.24. The highest BCUT2D eigenvalue weighted by Gasteiger charge is 2.30. The monoisotopic (exact) mass is 288 g/mol. The number of benzene rings is 1. The van der Waals surface area contributed by atoms with Crippen LogP contribution in [0, 0.1) is 0 Å². The van der Waals surface area contributed by atoms with Crippen molar-refractivity contribution in [3.05, 3.63) is 29.3 Å². The summed E-state index contributed by atoms with van der Waals surface area (Å²) >= 11 is 0. The molecule has 3 heteroatoms. The summed E-state index contributed by atoms with van der Waals surface area (Å²) in [5.74, 6) is 1.000. The van der Waals surface area contributed by atoms with Crippen LogP contribution < -0.4 is 10.1 Å². The van der Waals surface area contributed by atoms with Gasteiger partial charge in [0.1, 0.15) is 5.75 Å². The average molecular weight is 288 g/mol. The quantitative estimate of drug-likeness (QED) is 0.922. The van der Waals surface area contributed by atoms with Crippen LogP contribution in [0.15, 0.2) is 18.2 Å². The van der Waals surface area contributed by atoms with Crippen molar-refractivity contribution in [2.75, 3.05) is 27.2 Å². The van der Waals surface area contributed by atoms with Crippen LogP contribution in [0.5, 0.6) is 5.75 Å². The van der Waals surface area contributed by atoms with Crippen molar-refractivity contribution in [2.45, 2.75) is 50.6 Å². The molecule has 1 aliphatic carbocycles. The fourth-order valence-electron chi connectivity index (χ4n) is 4.08. The highest BCUT2D eigenvalue weighted by atomic mass is 16.5. The molecule has 21 heavy (non-hydrogen) atoms. The van der Waals surface area contributed by atoms with E-state index in [4.69, 9.17) is 4.74 Å². The van der Waals surface area contributed by atoms with Gasteiger partial charge in [-0.2, -0.15) is 0 Å². The first-order valence-corrected chi connectivity index (χ1v) is 8.38. The van der Waals surface area contributed by atoms with Crippen LogP contribution in [0.3, 0.4) is 0 Å². The number of fused-ring (bicyclic) bond motifs is 1. The minimum Gasteiger partial charge on any atom is -0.497 e. The van der Waals surface area contributed by atoms with Crippen LogP contribution in [-0.2, 0) is 12.8 Å². The summed E-state index contributed by atoms with van der Waals surface area (Å²) in [5.41, 5.74) is 3.02. The summed E-state index contributed by atoms with van der Waals surface area (Å²) in [6, 6.07) is 8.04. The normalized spacial score (nSPS) is 26.4. The van der Waals surface area contributed by atoms with Gasteiger partial charge >= 0.3 is 0 Å². The minimum atomic E-state index is 0.711. The summed E-state index contributed by atoms with van der Waals surface area (Å²) in [5, 5.41) is 3.38. The predicted octanol–water partition coefficient (Wildman–Crippen LogP) is 2.63. The van der Waals surface area contributed by atoms with E-state index in [0.29, 0.717) is 6.04 Å². The van der Waals surface area contributed by atoms with E-state index in [1.54, 1.807) is 7.11 Å². The molecule has 2 unspecified atom stereocenters. The molecule has 3 nitrogen and oxygen atoms in total. The molecule has 1 heterocycles. The zero-order chi connectivity index (χ0) is 14.7. The summed E-state index contributed by atoms with van der Waals surface area (Å²) in [6.45, 7) is 2.40. The second kappa shape index (κ2) is 6.80. The largest absolute Gasteiger partial charge is 0.497 e. The average Bonchev–Trinajstić information content (AvgIpc) is 2.54. The van der Waals surface area contributed by atoms with E-state index >= 15 is 0 Å². The number of hydrogen-bond acceptors (Lipinski definition) is 3. The molecule has 0 saturated carbocycles. The Kier molecular flexibility index (Phi) is 4.81. The number of likely N-dealkylation sites (tertiary alicyclic amines) is 1. The van der Waals surface area contributed by atoms with Gasteiger partial charge in [0.25, 0.3) is 0 Å². The number of ether oxygens (including phenoxy) is 1. The summed E-state index contributed by atoms with van der Waals surface area (Å²) in [6.07, 6.45) is 7.81. The Bertz CT molecular complexity index is 472. The SMILES string of the molecule is CNCC1CCCCN1C1CCc2ccc(OC)cc2C1. The molecule has 0 bridgehead atoms. The lowest BCUT2D eigenvalue weighted by atomic mass is 9.85. The molecule has 1 N–H and O–H groups in total. The Morgan fingerprint density at radius 1 is 1.24 bits per heavy atom. The van der Waals surface area contributed by atoms with Crippen LogP contribution in [0.4, 0.5) is 0 Å². The van der Waals surface area contributed by atoms with Crippen LogP contribution in [0.2, 0.25) is 0 Å². The zero-order valence-electron chi connectivity index (χ0n) is 13.4. The fourth-order valence-corrected chi connectivity index (χ4v) is 4.08. The van der Waals surface area contributed by atoms with Gasteiger partial charge in [0, 0.05) is 18.6 Å². The molecule has 1 aliphatic heterocycles. The summed E-state index contributed by atoms with van der Waals surface area (Å²) in [4.78, 5) is 2.78. The Morgan fingerprint density at radius 2 is 2.14 bits per heavy atom. The zero-order valence-corrected chi connectivity index (χ0v) is 13.4. The molecule has 1 aromatic rings. The molecule has 2 aliphatic rings. The molecule has 3 rings (SSSR count). The number of aryl methyl sites for hydroxylation is 1. The number of methoxy groups -OCH3 is 1. The molecule has 0 spiro atoms. The summed E-state index contributed by atoms with van der Waals surface area (Å²) < 4.78 is 5.40. The van der Waals surface area contributed by atoms with Crippen molar-refractivity contribution in [1.82, 2.24) is 10.2 Å². The fraction of sp³-hybridized carbons (Fsp3) is 0.667. The number of rotatable bonds is 4. The first-order valence-electron chi connectivity index (χ1n) is 8.38. The molecular formula is C18H28N2O. The number of nitrogens with one attached hydrogen (secondary N) is 1. The van der Waals surface area contributed by atoms with E-state index in [1.807, 2.05) is 0 Å². The van der Waals surface area contributed by atoms with Crippen molar-refractivity contribution < 1.29 is 4.74 Å². The van der Waals surface area contributed by atoms with Gasteiger partial charge in [0.15, 0.2) is 0 Å². The molecule has 0 amide bonds. The topological polar surface area (TPSA) is 24.5 Å². The van der Waals surface area contributed by atoms with E-state index in [1.165, 1.54) is 56.2 Å². The van der Waals surface area contributed by atoms with Gasteiger partial charge in [-0.05, 0) is 69.0 Å². The maximum atomic E-state index is 5.40. The van der Waals surface area contributed by atoms with Gasteiger partial charge in [-0.15, -0.1) is 0 Å². The van der Waals surface area contributed by atoms with Crippen LogP contribution in [0.1, 0.15) is 36.8 Å². The van der Waals surface area contributed by atoms with Gasteiger partial charge in [-0.1, -0.05) is 12.5 Å².